The number of halogens is 1. The zero-order valence-corrected chi connectivity index (χ0v) is 20.4. The van der Waals surface area contributed by atoms with E-state index in [1.807, 2.05) is 49.4 Å². The number of nitrogen functional groups attached to an aromatic ring is 1. The fourth-order valence-corrected chi connectivity index (χ4v) is 3.59. The smallest absolute Gasteiger partial charge is 0.247 e. The van der Waals surface area contributed by atoms with E-state index in [2.05, 4.69) is 36.7 Å². The molecule has 0 saturated carbocycles. The number of carbonyl (C=O) groups is 1. The number of anilines is 1. The summed E-state index contributed by atoms with van der Waals surface area (Å²) in [6.45, 7) is 3.72. The number of hydrogen-bond acceptors (Lipinski definition) is 9. The summed E-state index contributed by atoms with van der Waals surface area (Å²) in [6.07, 6.45) is 1.57. The van der Waals surface area contributed by atoms with Crippen LogP contribution in [-0.4, -0.2) is 48.7 Å². The van der Waals surface area contributed by atoms with Crippen LogP contribution in [0.4, 0.5) is 5.13 Å². The predicted molar refractivity (Wildman–Crippen MR) is 131 cm³/mol. The van der Waals surface area contributed by atoms with Crippen molar-refractivity contribution < 1.29 is 19.0 Å². The van der Waals surface area contributed by atoms with Gasteiger partial charge in [-0.3, -0.25) is 4.79 Å². The van der Waals surface area contributed by atoms with Gasteiger partial charge in [-0.05, 0) is 37.3 Å². The summed E-state index contributed by atoms with van der Waals surface area (Å²) in [4.78, 5) is 12.0. The third-order valence-electron chi connectivity index (χ3n) is 4.16. The molecule has 174 valence electrons. The lowest BCUT2D eigenvalue weighted by Crippen LogP contribution is -2.19. The maximum absolute atomic E-state index is 12.0. The first kappa shape index (κ1) is 24.6. The number of benzene rings is 2. The number of aromatic nitrogens is 2. The fourth-order valence-electron chi connectivity index (χ4n) is 2.61. The molecule has 0 fully saturated rings. The van der Waals surface area contributed by atoms with Gasteiger partial charge in [0.2, 0.25) is 11.0 Å². The summed E-state index contributed by atoms with van der Waals surface area (Å²) < 4.78 is 17.9. The first-order valence-corrected chi connectivity index (χ1v) is 11.7. The van der Waals surface area contributed by atoms with Crippen LogP contribution in [0, 0.1) is 6.92 Å². The van der Waals surface area contributed by atoms with E-state index in [4.69, 9.17) is 19.9 Å². The van der Waals surface area contributed by atoms with Gasteiger partial charge in [0.25, 0.3) is 0 Å². The lowest BCUT2D eigenvalue weighted by Gasteiger charge is -2.11. The van der Waals surface area contributed by atoms with Crippen molar-refractivity contribution in [3.05, 3.63) is 63.1 Å². The van der Waals surface area contributed by atoms with E-state index in [9.17, 15) is 4.79 Å². The summed E-state index contributed by atoms with van der Waals surface area (Å²) in [5.41, 5.74) is 9.87. The first-order valence-electron chi connectivity index (χ1n) is 10.1. The third-order valence-corrected chi connectivity index (χ3v) is 5.41. The SMILES string of the molecule is Cc1ccc(OCCOCCOc2ccc(Br)cc2/C=N\NC(=O)Cc2nnc(N)s2)cc1. The Labute approximate surface area is 204 Å². The molecule has 9 nitrogen and oxygen atoms in total. The number of nitrogens with one attached hydrogen (secondary N) is 1. The van der Waals surface area contributed by atoms with Crippen molar-refractivity contribution >= 4 is 44.5 Å². The molecular formula is C22H24BrN5O4S. The summed E-state index contributed by atoms with van der Waals surface area (Å²) in [6, 6.07) is 13.4. The number of amides is 1. The van der Waals surface area contributed by atoms with Crippen LogP contribution in [0.1, 0.15) is 16.1 Å². The minimum atomic E-state index is -0.318. The van der Waals surface area contributed by atoms with Gasteiger partial charge in [-0.25, -0.2) is 5.43 Å². The summed E-state index contributed by atoms with van der Waals surface area (Å²) in [5, 5.41) is 12.3. The normalized spacial score (nSPS) is 11.0. The Kier molecular flexibility index (Phi) is 9.60. The van der Waals surface area contributed by atoms with Crippen LogP contribution in [0.5, 0.6) is 11.5 Å². The van der Waals surface area contributed by atoms with Gasteiger partial charge in [0.1, 0.15) is 29.7 Å². The molecule has 0 aliphatic heterocycles. The summed E-state index contributed by atoms with van der Waals surface area (Å²) in [5.74, 6) is 1.12. The zero-order chi connectivity index (χ0) is 23.5. The summed E-state index contributed by atoms with van der Waals surface area (Å²) in [7, 11) is 0. The lowest BCUT2D eigenvalue weighted by atomic mass is 10.2. The molecule has 3 rings (SSSR count). The molecule has 0 radical (unpaired) electrons. The van der Waals surface area contributed by atoms with Gasteiger partial charge >= 0.3 is 0 Å². The fraction of sp³-hybridized carbons (Fsp3) is 0.273. The number of nitrogens with zero attached hydrogens (tertiary/aromatic N) is 3. The molecule has 0 saturated heterocycles. The van der Waals surface area contributed by atoms with Crippen molar-refractivity contribution in [2.45, 2.75) is 13.3 Å². The largest absolute Gasteiger partial charge is 0.491 e. The van der Waals surface area contributed by atoms with Crippen LogP contribution in [0.25, 0.3) is 0 Å². The third kappa shape index (κ3) is 8.79. The lowest BCUT2D eigenvalue weighted by molar-refractivity contribution is -0.120. The highest BCUT2D eigenvalue weighted by atomic mass is 79.9. The topological polar surface area (TPSA) is 121 Å². The van der Waals surface area contributed by atoms with E-state index in [-0.39, 0.29) is 12.3 Å². The number of nitrogens with two attached hydrogens (primary N) is 1. The van der Waals surface area contributed by atoms with Gasteiger partial charge in [0.05, 0.1) is 25.8 Å². The Morgan fingerprint density at radius 3 is 2.61 bits per heavy atom. The van der Waals surface area contributed by atoms with Crippen LogP contribution >= 0.6 is 27.3 Å². The molecule has 3 aromatic rings. The number of hydrazone groups is 1. The van der Waals surface area contributed by atoms with E-state index < -0.39 is 0 Å². The van der Waals surface area contributed by atoms with Gasteiger partial charge in [-0.2, -0.15) is 5.10 Å². The second kappa shape index (κ2) is 12.9. The van der Waals surface area contributed by atoms with Crippen LogP contribution in [0.2, 0.25) is 0 Å². The quantitative estimate of drug-likeness (QED) is 0.208. The molecule has 0 atom stereocenters. The maximum atomic E-state index is 12.0. The highest BCUT2D eigenvalue weighted by Crippen LogP contribution is 2.22. The molecule has 0 aliphatic carbocycles. The Hall–Kier alpha value is -3.02. The van der Waals surface area contributed by atoms with Gasteiger partial charge in [0, 0.05) is 10.0 Å². The molecule has 0 bridgehead atoms. The van der Waals surface area contributed by atoms with Crippen LogP contribution < -0.4 is 20.6 Å². The van der Waals surface area contributed by atoms with Crippen molar-refractivity contribution in [2.24, 2.45) is 5.10 Å². The Morgan fingerprint density at radius 1 is 1.12 bits per heavy atom. The van der Waals surface area contributed by atoms with Gasteiger partial charge < -0.3 is 19.9 Å². The molecular weight excluding hydrogens is 510 g/mol. The van der Waals surface area contributed by atoms with Crippen molar-refractivity contribution in [1.82, 2.24) is 15.6 Å². The second-order valence-electron chi connectivity index (χ2n) is 6.81. The molecule has 2 aromatic carbocycles. The molecule has 11 heteroatoms. The van der Waals surface area contributed by atoms with E-state index >= 15 is 0 Å². The standard InChI is InChI=1S/C22H24BrN5O4S/c1-15-2-5-18(6-3-15)31-10-8-30-9-11-32-19-7-4-17(23)12-16(19)14-25-26-20(29)13-21-27-28-22(24)33-21/h2-7,12,14H,8-11,13H2,1H3,(H2,24,28)(H,26,29)/b25-14-. The van der Waals surface area contributed by atoms with E-state index in [1.54, 1.807) is 0 Å². The number of rotatable bonds is 12. The van der Waals surface area contributed by atoms with E-state index in [0.717, 1.165) is 21.6 Å². The first-order chi connectivity index (χ1) is 16.0. The van der Waals surface area contributed by atoms with Crippen molar-refractivity contribution in [3.8, 4) is 11.5 Å². The Bertz CT molecular complexity index is 1070. The molecule has 0 spiro atoms. The van der Waals surface area contributed by atoms with Crippen molar-refractivity contribution in [3.63, 3.8) is 0 Å². The highest BCUT2D eigenvalue weighted by molar-refractivity contribution is 9.10. The van der Waals surface area contributed by atoms with E-state index in [0.29, 0.717) is 47.9 Å². The molecule has 0 aliphatic rings. The summed E-state index contributed by atoms with van der Waals surface area (Å²) >= 11 is 4.59. The minimum absolute atomic E-state index is 0.0546. The monoisotopic (exact) mass is 533 g/mol. The zero-order valence-electron chi connectivity index (χ0n) is 18.0. The van der Waals surface area contributed by atoms with Crippen molar-refractivity contribution in [2.75, 3.05) is 32.2 Å². The Morgan fingerprint density at radius 2 is 1.88 bits per heavy atom. The molecule has 33 heavy (non-hydrogen) atoms. The molecule has 3 N–H and O–H groups in total. The average Bonchev–Trinajstić information content (AvgIpc) is 3.20. The molecule has 0 unspecified atom stereocenters. The van der Waals surface area contributed by atoms with Crippen molar-refractivity contribution in [1.29, 1.82) is 0 Å². The van der Waals surface area contributed by atoms with Gasteiger partial charge in [0.15, 0.2) is 0 Å². The number of carbonyl (C=O) groups excluding carboxylic acids is 1. The van der Waals surface area contributed by atoms with E-state index in [1.165, 1.54) is 11.8 Å². The molecule has 1 amide bonds. The highest BCUT2D eigenvalue weighted by Gasteiger charge is 2.08. The van der Waals surface area contributed by atoms with Gasteiger partial charge in [-0.1, -0.05) is 45.0 Å². The van der Waals surface area contributed by atoms with Crippen LogP contribution in [0.3, 0.4) is 0 Å². The average molecular weight is 534 g/mol. The van der Waals surface area contributed by atoms with Crippen LogP contribution in [0.15, 0.2) is 52.0 Å². The van der Waals surface area contributed by atoms with Gasteiger partial charge in [-0.15, -0.1) is 10.2 Å². The minimum Gasteiger partial charge on any atom is -0.491 e. The predicted octanol–water partition coefficient (Wildman–Crippen LogP) is 3.36. The molecule has 1 aromatic heterocycles. The molecule has 1 heterocycles. The second-order valence-corrected chi connectivity index (χ2v) is 8.82. The number of ether oxygens (including phenoxy) is 3. The Balaban J connectivity index is 1.39. The van der Waals surface area contributed by atoms with Crippen LogP contribution in [-0.2, 0) is 16.0 Å². The number of aryl methyl sites for hydroxylation is 1. The maximum Gasteiger partial charge on any atom is 0.247 e. The number of hydrogen-bond donors (Lipinski definition) is 2.